The van der Waals surface area contributed by atoms with Gasteiger partial charge in [0.15, 0.2) is 0 Å². The second-order valence-electron chi connectivity index (χ2n) is 7.81. The Kier molecular flexibility index (Phi) is 7.92. The maximum atomic E-state index is 12.7. The number of pyridine rings is 1. The van der Waals surface area contributed by atoms with Crippen molar-refractivity contribution in [2.75, 3.05) is 44.2 Å². The first-order valence-corrected chi connectivity index (χ1v) is 12.0. The van der Waals surface area contributed by atoms with Crippen LogP contribution in [0.1, 0.15) is 17.5 Å². The number of primary sulfonamides is 1. The molecule has 1 aromatic heterocycles. The van der Waals surface area contributed by atoms with E-state index in [2.05, 4.69) is 10.3 Å². The number of benzene rings is 1. The van der Waals surface area contributed by atoms with Gasteiger partial charge in [0.2, 0.25) is 15.9 Å². The number of anilines is 1. The van der Waals surface area contributed by atoms with Crippen molar-refractivity contribution in [3.63, 3.8) is 0 Å². The van der Waals surface area contributed by atoms with E-state index in [4.69, 9.17) is 5.14 Å². The lowest BCUT2D eigenvalue weighted by Gasteiger charge is -2.22. The van der Waals surface area contributed by atoms with Crippen LogP contribution in [0, 0.1) is 0 Å². The summed E-state index contributed by atoms with van der Waals surface area (Å²) in [6, 6.07) is 8.58. The summed E-state index contributed by atoms with van der Waals surface area (Å²) in [5.74, 6) is 0.361. The van der Waals surface area contributed by atoms with E-state index in [1.165, 1.54) is 18.2 Å². The number of nitrogens with one attached hydrogen (secondary N) is 1. The van der Waals surface area contributed by atoms with Crippen LogP contribution in [0.2, 0.25) is 0 Å². The molecule has 8 nitrogen and oxygen atoms in total. The average molecular weight is 486 g/mol. The number of rotatable bonds is 7. The summed E-state index contributed by atoms with van der Waals surface area (Å²) in [6.07, 6.45) is -2.27. The summed E-state index contributed by atoms with van der Waals surface area (Å²) >= 11 is 0. The molecule has 180 valence electrons. The van der Waals surface area contributed by atoms with Gasteiger partial charge in [-0.15, -0.1) is 0 Å². The Bertz CT molecular complexity index is 1040. The second-order valence-corrected chi connectivity index (χ2v) is 9.37. The molecule has 3 rings (SSSR count). The van der Waals surface area contributed by atoms with Gasteiger partial charge >= 0.3 is 6.18 Å². The van der Waals surface area contributed by atoms with Gasteiger partial charge in [-0.1, -0.05) is 12.1 Å². The lowest BCUT2D eigenvalue weighted by Crippen LogP contribution is -2.40. The lowest BCUT2D eigenvalue weighted by molar-refractivity contribution is -0.137. The molecule has 12 heteroatoms. The maximum absolute atomic E-state index is 12.7. The summed E-state index contributed by atoms with van der Waals surface area (Å²) < 4.78 is 60.7. The fourth-order valence-electron chi connectivity index (χ4n) is 3.55. The fraction of sp³-hybridized carbons (Fsp3) is 0.429. The topological polar surface area (TPSA) is 109 Å². The fourth-order valence-corrected chi connectivity index (χ4v) is 4.07. The van der Waals surface area contributed by atoms with Crippen molar-refractivity contribution in [3.05, 3.63) is 53.7 Å². The lowest BCUT2D eigenvalue weighted by atomic mass is 10.1. The van der Waals surface area contributed by atoms with Crippen LogP contribution in [0.15, 0.2) is 47.5 Å². The number of hydrogen-bond acceptors (Lipinski definition) is 6. The smallest absolute Gasteiger partial charge is 0.355 e. The normalized spacial score (nSPS) is 15.8. The average Bonchev–Trinajstić information content (AvgIpc) is 2.98. The van der Waals surface area contributed by atoms with Crippen LogP contribution in [0.3, 0.4) is 0 Å². The minimum atomic E-state index is -4.41. The zero-order valence-corrected chi connectivity index (χ0v) is 18.7. The summed E-state index contributed by atoms with van der Waals surface area (Å²) in [5, 5.41) is 7.92. The first-order valence-electron chi connectivity index (χ1n) is 10.4. The number of aromatic nitrogens is 1. The third-order valence-electron chi connectivity index (χ3n) is 5.34. The van der Waals surface area contributed by atoms with Gasteiger partial charge in [-0.3, -0.25) is 9.69 Å². The summed E-state index contributed by atoms with van der Waals surface area (Å²) in [6.45, 7) is 3.11. The van der Waals surface area contributed by atoms with Gasteiger partial charge in [-0.25, -0.2) is 18.5 Å². The molecule has 1 amide bonds. The highest BCUT2D eigenvalue weighted by Gasteiger charge is 2.31. The van der Waals surface area contributed by atoms with Gasteiger partial charge in [0.1, 0.15) is 5.82 Å². The molecule has 1 aliphatic rings. The molecule has 0 spiro atoms. The Hall–Kier alpha value is -2.70. The predicted octanol–water partition coefficient (Wildman–Crippen LogP) is 1.62. The predicted molar refractivity (Wildman–Crippen MR) is 117 cm³/mol. The Morgan fingerprint density at radius 1 is 1.06 bits per heavy atom. The third-order valence-corrected chi connectivity index (χ3v) is 6.27. The molecule has 0 aliphatic carbocycles. The largest absolute Gasteiger partial charge is 0.417 e. The number of hydrogen-bond donors (Lipinski definition) is 2. The van der Waals surface area contributed by atoms with Crippen LogP contribution in [-0.4, -0.2) is 63.5 Å². The summed E-state index contributed by atoms with van der Waals surface area (Å²) in [4.78, 5) is 20.2. The van der Waals surface area contributed by atoms with Gasteiger partial charge in [0.25, 0.3) is 0 Å². The molecule has 0 atom stereocenters. The van der Waals surface area contributed by atoms with Gasteiger partial charge in [-0.2, -0.15) is 13.2 Å². The van der Waals surface area contributed by atoms with E-state index < -0.39 is 21.8 Å². The summed E-state index contributed by atoms with van der Waals surface area (Å²) in [7, 11) is -3.73. The van der Waals surface area contributed by atoms with Crippen molar-refractivity contribution >= 4 is 21.7 Å². The highest BCUT2D eigenvalue weighted by molar-refractivity contribution is 7.89. The van der Waals surface area contributed by atoms with Crippen LogP contribution in [0.25, 0.3) is 0 Å². The van der Waals surface area contributed by atoms with Crippen molar-refractivity contribution in [2.24, 2.45) is 5.14 Å². The molecule has 1 fully saturated rings. The van der Waals surface area contributed by atoms with Crippen LogP contribution >= 0.6 is 0 Å². The molecule has 3 N–H and O–H groups in total. The second kappa shape index (κ2) is 10.5. The number of amides is 1. The van der Waals surface area contributed by atoms with Crippen LogP contribution < -0.4 is 15.4 Å². The molecular weight excluding hydrogens is 459 g/mol. The number of halogens is 3. The molecule has 1 aliphatic heterocycles. The SMILES string of the molecule is NS(=O)(=O)c1ccc(CCNC(=O)CN2CCCN(c3ccc(C(F)(F)F)cn3)CC2)cc1. The van der Waals surface area contributed by atoms with Crippen LogP contribution in [0.4, 0.5) is 19.0 Å². The number of sulfonamides is 1. The molecule has 2 aromatic rings. The van der Waals surface area contributed by atoms with E-state index in [0.29, 0.717) is 45.0 Å². The zero-order valence-electron chi connectivity index (χ0n) is 17.9. The molecule has 0 radical (unpaired) electrons. The molecular formula is C21H26F3N5O3S. The number of alkyl halides is 3. The molecule has 0 saturated carbocycles. The zero-order chi connectivity index (χ0) is 24.1. The van der Waals surface area contributed by atoms with E-state index in [1.54, 1.807) is 12.1 Å². The maximum Gasteiger partial charge on any atom is 0.417 e. The van der Waals surface area contributed by atoms with Gasteiger partial charge in [-0.05, 0) is 42.7 Å². The van der Waals surface area contributed by atoms with Gasteiger partial charge in [0, 0.05) is 38.9 Å². The van der Waals surface area contributed by atoms with E-state index >= 15 is 0 Å². The van der Waals surface area contributed by atoms with Gasteiger partial charge < -0.3 is 10.2 Å². The van der Waals surface area contributed by atoms with Crippen molar-refractivity contribution in [1.82, 2.24) is 15.2 Å². The van der Waals surface area contributed by atoms with Crippen molar-refractivity contribution in [2.45, 2.75) is 23.9 Å². The minimum absolute atomic E-state index is 0.0389. The Morgan fingerprint density at radius 2 is 1.79 bits per heavy atom. The molecule has 1 aromatic carbocycles. The first-order chi connectivity index (χ1) is 15.5. The molecule has 0 unspecified atom stereocenters. The number of nitrogens with zero attached hydrogens (tertiary/aromatic N) is 3. The van der Waals surface area contributed by atoms with Crippen LogP contribution in [-0.2, 0) is 27.4 Å². The van der Waals surface area contributed by atoms with Crippen molar-refractivity contribution in [3.8, 4) is 0 Å². The minimum Gasteiger partial charge on any atom is -0.355 e. The molecule has 33 heavy (non-hydrogen) atoms. The highest BCUT2D eigenvalue weighted by atomic mass is 32.2. The van der Waals surface area contributed by atoms with Crippen molar-refractivity contribution in [1.29, 1.82) is 0 Å². The third kappa shape index (κ3) is 7.41. The standard InChI is InChI=1S/C21H26F3N5O3S/c22-21(23,24)17-4-7-19(27-14-17)29-11-1-10-28(12-13-29)15-20(30)26-9-8-16-2-5-18(6-3-16)33(25,31)32/h2-7,14H,1,8-13,15H2,(H,26,30)(H2,25,31,32). The van der Waals surface area contributed by atoms with E-state index in [1.807, 2.05) is 9.80 Å². The number of carbonyl (C=O) groups is 1. The van der Waals surface area contributed by atoms with E-state index in [-0.39, 0.29) is 17.3 Å². The molecule has 1 saturated heterocycles. The first kappa shape index (κ1) is 24.9. The monoisotopic (exact) mass is 485 g/mol. The Balaban J connectivity index is 1.43. The molecule has 0 bridgehead atoms. The van der Waals surface area contributed by atoms with Crippen molar-refractivity contribution < 1.29 is 26.4 Å². The van der Waals surface area contributed by atoms with E-state index in [0.717, 1.165) is 24.2 Å². The number of carbonyl (C=O) groups excluding carboxylic acids is 1. The summed E-state index contributed by atoms with van der Waals surface area (Å²) in [5.41, 5.74) is 0.0943. The Morgan fingerprint density at radius 3 is 2.39 bits per heavy atom. The van der Waals surface area contributed by atoms with Gasteiger partial charge in [0.05, 0.1) is 17.0 Å². The molecule has 2 heterocycles. The van der Waals surface area contributed by atoms with Crippen LogP contribution in [0.5, 0.6) is 0 Å². The Labute approximate surface area is 190 Å². The van der Waals surface area contributed by atoms with E-state index in [9.17, 15) is 26.4 Å². The number of nitrogens with two attached hydrogens (primary N) is 1. The quantitative estimate of drug-likeness (QED) is 0.617. The highest BCUT2D eigenvalue weighted by Crippen LogP contribution is 2.29.